The molecule has 0 saturated heterocycles. The summed E-state index contributed by atoms with van der Waals surface area (Å²) in [7, 11) is 1.87. The van der Waals surface area contributed by atoms with Crippen LogP contribution in [0.25, 0.3) is 11.3 Å². The van der Waals surface area contributed by atoms with Crippen molar-refractivity contribution in [1.82, 2.24) is 9.78 Å². The van der Waals surface area contributed by atoms with Crippen molar-refractivity contribution >= 4 is 5.82 Å². The van der Waals surface area contributed by atoms with Crippen molar-refractivity contribution in [2.24, 2.45) is 7.05 Å². The van der Waals surface area contributed by atoms with E-state index in [4.69, 9.17) is 5.73 Å². The Morgan fingerprint density at radius 3 is 2.18 bits per heavy atom. The Morgan fingerprint density at radius 2 is 1.76 bits per heavy atom. The quantitative estimate of drug-likeness (QED) is 0.879. The van der Waals surface area contributed by atoms with Gasteiger partial charge in [-0.05, 0) is 24.0 Å². The van der Waals surface area contributed by atoms with E-state index in [9.17, 15) is 0 Å². The average molecular weight is 229 g/mol. The van der Waals surface area contributed by atoms with E-state index in [1.165, 1.54) is 16.7 Å². The molecule has 0 spiro atoms. The maximum Gasteiger partial charge on any atom is 0.121 e. The topological polar surface area (TPSA) is 43.8 Å². The van der Waals surface area contributed by atoms with Crippen LogP contribution in [0, 0.1) is 0 Å². The number of hydrogen-bond acceptors (Lipinski definition) is 2. The predicted octanol–water partition coefficient (Wildman–Crippen LogP) is 2.79. The highest BCUT2D eigenvalue weighted by Gasteiger charge is 2.12. The number of nitrogens with two attached hydrogens (primary N) is 1. The van der Waals surface area contributed by atoms with Gasteiger partial charge in [0.1, 0.15) is 5.82 Å². The van der Waals surface area contributed by atoms with Gasteiger partial charge in [0.15, 0.2) is 0 Å². The van der Waals surface area contributed by atoms with Gasteiger partial charge in [-0.15, -0.1) is 0 Å². The van der Waals surface area contributed by atoms with E-state index in [0.717, 1.165) is 18.5 Å². The van der Waals surface area contributed by atoms with Crippen molar-refractivity contribution in [3.63, 3.8) is 0 Å². The van der Waals surface area contributed by atoms with E-state index >= 15 is 0 Å². The van der Waals surface area contributed by atoms with Crippen molar-refractivity contribution in [2.75, 3.05) is 5.73 Å². The third-order valence-corrected chi connectivity index (χ3v) is 3.17. The molecule has 1 aromatic heterocycles. The highest BCUT2D eigenvalue weighted by molar-refractivity contribution is 5.70. The second kappa shape index (κ2) is 4.62. The summed E-state index contributed by atoms with van der Waals surface area (Å²) in [5, 5.41) is 4.49. The molecule has 3 nitrogen and oxygen atoms in total. The largest absolute Gasteiger partial charge is 0.384 e. The minimum absolute atomic E-state index is 0.702. The summed E-state index contributed by atoms with van der Waals surface area (Å²) in [4.78, 5) is 0. The van der Waals surface area contributed by atoms with E-state index in [-0.39, 0.29) is 0 Å². The number of benzene rings is 1. The van der Waals surface area contributed by atoms with Crippen LogP contribution in [-0.4, -0.2) is 9.78 Å². The third kappa shape index (κ3) is 2.05. The Hall–Kier alpha value is -1.77. The summed E-state index contributed by atoms with van der Waals surface area (Å²) in [6.45, 7) is 4.34. The maximum absolute atomic E-state index is 5.86. The molecule has 2 N–H and O–H groups in total. The fraction of sp³-hybridized carbons (Fsp3) is 0.357. The van der Waals surface area contributed by atoms with Gasteiger partial charge in [-0.1, -0.05) is 32.0 Å². The van der Waals surface area contributed by atoms with E-state index in [1.807, 2.05) is 13.1 Å². The summed E-state index contributed by atoms with van der Waals surface area (Å²) in [5.74, 6) is 0.702. The number of hydrogen-bond donors (Lipinski definition) is 1. The van der Waals surface area contributed by atoms with Crippen LogP contribution in [-0.2, 0) is 19.9 Å². The minimum Gasteiger partial charge on any atom is -0.384 e. The molecule has 0 unspecified atom stereocenters. The first-order valence-electron chi connectivity index (χ1n) is 6.08. The molecule has 0 atom stereocenters. The number of nitrogen functional groups attached to an aromatic ring is 1. The minimum atomic E-state index is 0.702. The zero-order chi connectivity index (χ0) is 12.4. The lowest BCUT2D eigenvalue weighted by Crippen LogP contribution is -1.98. The van der Waals surface area contributed by atoms with Crippen LogP contribution in [0.3, 0.4) is 0 Å². The Labute approximate surface area is 102 Å². The molecule has 1 heterocycles. The van der Waals surface area contributed by atoms with Crippen molar-refractivity contribution in [1.29, 1.82) is 0 Å². The first-order valence-corrected chi connectivity index (χ1v) is 6.08. The first kappa shape index (κ1) is 11.7. The van der Waals surface area contributed by atoms with Gasteiger partial charge >= 0.3 is 0 Å². The van der Waals surface area contributed by atoms with Crippen LogP contribution in [0.2, 0.25) is 0 Å². The zero-order valence-corrected chi connectivity index (χ0v) is 10.7. The molecule has 0 radical (unpaired) electrons. The summed E-state index contributed by atoms with van der Waals surface area (Å²) in [6, 6.07) is 8.40. The third-order valence-electron chi connectivity index (χ3n) is 3.17. The molecule has 2 aromatic rings. The van der Waals surface area contributed by atoms with Crippen molar-refractivity contribution in [2.45, 2.75) is 26.7 Å². The lowest BCUT2D eigenvalue weighted by atomic mass is 9.95. The van der Waals surface area contributed by atoms with E-state index < -0.39 is 0 Å². The number of aryl methyl sites for hydroxylation is 3. The molecular weight excluding hydrogens is 210 g/mol. The fourth-order valence-corrected chi connectivity index (χ4v) is 2.18. The second-order valence-corrected chi connectivity index (χ2v) is 4.24. The molecule has 0 fully saturated rings. The SMILES string of the molecule is CCc1cccc(CC)c1-c1cc(N)n(C)n1. The standard InChI is InChI=1S/C14H19N3/c1-4-10-7-6-8-11(5-2)14(10)12-9-13(15)17(3)16-12/h6-9H,4-5,15H2,1-3H3. The summed E-state index contributed by atoms with van der Waals surface area (Å²) in [6.07, 6.45) is 2.03. The van der Waals surface area contributed by atoms with Crippen LogP contribution in [0.1, 0.15) is 25.0 Å². The summed E-state index contributed by atoms with van der Waals surface area (Å²) < 4.78 is 1.72. The Bertz CT molecular complexity index is 485. The van der Waals surface area contributed by atoms with Gasteiger partial charge < -0.3 is 5.73 Å². The first-order chi connectivity index (χ1) is 8.17. The number of anilines is 1. The summed E-state index contributed by atoms with van der Waals surface area (Å²) in [5.41, 5.74) is 10.8. The smallest absolute Gasteiger partial charge is 0.121 e. The lowest BCUT2D eigenvalue weighted by molar-refractivity contribution is 0.781. The van der Waals surface area contributed by atoms with E-state index in [2.05, 4.69) is 37.1 Å². The van der Waals surface area contributed by atoms with Crippen molar-refractivity contribution in [3.8, 4) is 11.3 Å². The Morgan fingerprint density at radius 1 is 1.18 bits per heavy atom. The highest BCUT2D eigenvalue weighted by Crippen LogP contribution is 2.28. The van der Waals surface area contributed by atoms with Gasteiger partial charge in [0.2, 0.25) is 0 Å². The molecule has 0 bridgehead atoms. The monoisotopic (exact) mass is 229 g/mol. The maximum atomic E-state index is 5.86. The second-order valence-electron chi connectivity index (χ2n) is 4.24. The molecule has 0 saturated carbocycles. The lowest BCUT2D eigenvalue weighted by Gasteiger charge is -2.10. The molecule has 0 aliphatic carbocycles. The average Bonchev–Trinajstić information content (AvgIpc) is 2.68. The highest BCUT2D eigenvalue weighted by atomic mass is 15.3. The van der Waals surface area contributed by atoms with Gasteiger partial charge in [0, 0.05) is 18.7 Å². The molecule has 0 amide bonds. The van der Waals surface area contributed by atoms with Gasteiger partial charge in [-0.2, -0.15) is 5.10 Å². The number of aromatic nitrogens is 2. The molecule has 90 valence electrons. The predicted molar refractivity (Wildman–Crippen MR) is 71.8 cm³/mol. The Balaban J connectivity index is 2.63. The molecule has 1 aromatic carbocycles. The van der Waals surface area contributed by atoms with Crippen LogP contribution in [0.4, 0.5) is 5.82 Å². The van der Waals surface area contributed by atoms with E-state index in [1.54, 1.807) is 4.68 Å². The van der Waals surface area contributed by atoms with E-state index in [0.29, 0.717) is 5.82 Å². The van der Waals surface area contributed by atoms with Crippen LogP contribution in [0.15, 0.2) is 24.3 Å². The number of rotatable bonds is 3. The zero-order valence-electron chi connectivity index (χ0n) is 10.7. The molecule has 0 aliphatic heterocycles. The molecule has 3 heteroatoms. The number of nitrogens with zero attached hydrogens (tertiary/aromatic N) is 2. The van der Waals surface area contributed by atoms with Crippen LogP contribution < -0.4 is 5.73 Å². The van der Waals surface area contributed by atoms with Crippen LogP contribution in [0.5, 0.6) is 0 Å². The van der Waals surface area contributed by atoms with Gasteiger partial charge in [0.25, 0.3) is 0 Å². The van der Waals surface area contributed by atoms with Gasteiger partial charge in [-0.25, -0.2) is 0 Å². The Kier molecular flexibility index (Phi) is 3.18. The fourth-order valence-electron chi connectivity index (χ4n) is 2.18. The van der Waals surface area contributed by atoms with Crippen LogP contribution >= 0.6 is 0 Å². The van der Waals surface area contributed by atoms with Gasteiger partial charge in [0.05, 0.1) is 5.69 Å². The molecule has 0 aliphatic rings. The molecular formula is C14H19N3. The van der Waals surface area contributed by atoms with Crippen molar-refractivity contribution in [3.05, 3.63) is 35.4 Å². The normalized spacial score (nSPS) is 10.8. The van der Waals surface area contributed by atoms with Crippen molar-refractivity contribution < 1.29 is 0 Å². The molecule has 2 rings (SSSR count). The van der Waals surface area contributed by atoms with Gasteiger partial charge in [-0.3, -0.25) is 4.68 Å². The molecule has 17 heavy (non-hydrogen) atoms. The summed E-state index contributed by atoms with van der Waals surface area (Å²) >= 11 is 0.